The van der Waals surface area contributed by atoms with Crippen LogP contribution in [0.25, 0.3) is 0 Å². The number of amides is 1. The van der Waals surface area contributed by atoms with Crippen LogP contribution in [0.3, 0.4) is 0 Å². The molecule has 17 heavy (non-hydrogen) atoms. The summed E-state index contributed by atoms with van der Waals surface area (Å²) in [5.74, 6) is 0.764. The molecule has 0 fully saturated rings. The molecule has 2 N–H and O–H groups in total. The Kier molecular flexibility index (Phi) is 6.00. The van der Waals surface area contributed by atoms with E-state index in [1.165, 1.54) is 0 Å². The third kappa shape index (κ3) is 4.75. The van der Waals surface area contributed by atoms with Gasteiger partial charge in [-0.25, -0.2) is 0 Å². The van der Waals surface area contributed by atoms with Crippen molar-refractivity contribution in [2.24, 2.45) is 0 Å². The molecule has 0 saturated heterocycles. The monoisotopic (exact) mass is 300 g/mol. The fourth-order valence-electron chi connectivity index (χ4n) is 1.35. The van der Waals surface area contributed by atoms with Crippen molar-refractivity contribution in [1.82, 2.24) is 10.6 Å². The molecule has 0 saturated carbocycles. The molecule has 1 aromatic rings. The molecule has 5 heteroatoms. The lowest BCUT2D eigenvalue weighted by molar-refractivity contribution is -0.121. The van der Waals surface area contributed by atoms with Gasteiger partial charge in [-0.05, 0) is 30.8 Å². The molecule has 0 aliphatic carbocycles. The number of rotatable bonds is 6. The van der Waals surface area contributed by atoms with Gasteiger partial charge in [0.15, 0.2) is 0 Å². The lowest BCUT2D eigenvalue weighted by atomic mass is 10.2. The quantitative estimate of drug-likeness (QED) is 0.840. The van der Waals surface area contributed by atoms with Gasteiger partial charge in [-0.3, -0.25) is 4.79 Å². The van der Waals surface area contributed by atoms with Crippen molar-refractivity contribution in [1.29, 1.82) is 0 Å². The van der Waals surface area contributed by atoms with Crippen LogP contribution in [0, 0.1) is 0 Å². The second kappa shape index (κ2) is 7.29. The number of hydrogen-bond donors (Lipinski definition) is 2. The van der Waals surface area contributed by atoms with Gasteiger partial charge in [-0.15, -0.1) is 0 Å². The zero-order valence-electron chi connectivity index (χ0n) is 10.0. The topological polar surface area (TPSA) is 50.4 Å². The zero-order chi connectivity index (χ0) is 12.7. The Morgan fingerprint density at radius 2 is 2.18 bits per heavy atom. The first-order valence-corrected chi connectivity index (χ1v) is 6.23. The summed E-state index contributed by atoms with van der Waals surface area (Å²) >= 11 is 3.47. The summed E-state index contributed by atoms with van der Waals surface area (Å²) in [5, 5.41) is 5.64. The SMILES string of the molecule is CNCc1cc(OCCC(=O)NC)ccc1Br. The van der Waals surface area contributed by atoms with Crippen LogP contribution in [0.1, 0.15) is 12.0 Å². The molecule has 0 radical (unpaired) electrons. The third-order valence-electron chi connectivity index (χ3n) is 2.26. The van der Waals surface area contributed by atoms with E-state index in [2.05, 4.69) is 26.6 Å². The molecule has 4 nitrogen and oxygen atoms in total. The second-order valence-electron chi connectivity index (χ2n) is 3.56. The molecular formula is C12H17BrN2O2. The van der Waals surface area contributed by atoms with Crippen molar-refractivity contribution in [3.8, 4) is 5.75 Å². The minimum Gasteiger partial charge on any atom is -0.493 e. The molecule has 94 valence electrons. The van der Waals surface area contributed by atoms with E-state index < -0.39 is 0 Å². The van der Waals surface area contributed by atoms with Crippen LogP contribution in [-0.4, -0.2) is 26.6 Å². The highest BCUT2D eigenvalue weighted by Gasteiger charge is 2.03. The van der Waals surface area contributed by atoms with Crippen LogP contribution in [0.4, 0.5) is 0 Å². The van der Waals surface area contributed by atoms with Crippen LogP contribution in [0.2, 0.25) is 0 Å². The van der Waals surface area contributed by atoms with Crippen molar-refractivity contribution in [3.05, 3.63) is 28.2 Å². The number of carbonyl (C=O) groups is 1. The molecule has 1 aromatic carbocycles. The van der Waals surface area contributed by atoms with Gasteiger partial charge in [0, 0.05) is 18.1 Å². The van der Waals surface area contributed by atoms with E-state index in [-0.39, 0.29) is 5.91 Å². The fraction of sp³-hybridized carbons (Fsp3) is 0.417. The molecule has 0 aliphatic heterocycles. The standard InChI is InChI=1S/C12H17BrN2O2/c1-14-8-9-7-10(3-4-11(9)13)17-6-5-12(16)15-2/h3-4,7,14H,5-6,8H2,1-2H3,(H,15,16). The summed E-state index contributed by atoms with van der Waals surface area (Å²) in [7, 11) is 3.51. The van der Waals surface area contributed by atoms with E-state index in [1.54, 1.807) is 7.05 Å². The number of hydrogen-bond acceptors (Lipinski definition) is 3. The summed E-state index contributed by atoms with van der Waals surface area (Å²) in [4.78, 5) is 11.0. The summed E-state index contributed by atoms with van der Waals surface area (Å²) in [6, 6.07) is 5.79. The highest BCUT2D eigenvalue weighted by molar-refractivity contribution is 9.10. The Morgan fingerprint density at radius 1 is 1.41 bits per heavy atom. The maximum Gasteiger partial charge on any atom is 0.223 e. The van der Waals surface area contributed by atoms with E-state index in [0.29, 0.717) is 13.0 Å². The number of halogens is 1. The molecule has 1 amide bonds. The predicted molar refractivity (Wildman–Crippen MR) is 71.1 cm³/mol. The van der Waals surface area contributed by atoms with E-state index >= 15 is 0 Å². The maximum atomic E-state index is 11.0. The van der Waals surface area contributed by atoms with E-state index in [1.807, 2.05) is 25.2 Å². The molecule has 0 heterocycles. The highest BCUT2D eigenvalue weighted by atomic mass is 79.9. The first kappa shape index (κ1) is 14.0. The smallest absolute Gasteiger partial charge is 0.223 e. The Labute approximate surface area is 110 Å². The third-order valence-corrected chi connectivity index (χ3v) is 3.03. The van der Waals surface area contributed by atoms with Gasteiger partial charge >= 0.3 is 0 Å². The van der Waals surface area contributed by atoms with Gasteiger partial charge < -0.3 is 15.4 Å². The van der Waals surface area contributed by atoms with Crippen LogP contribution in [0.5, 0.6) is 5.75 Å². The first-order valence-electron chi connectivity index (χ1n) is 5.43. The molecule has 0 bridgehead atoms. The number of carbonyl (C=O) groups excluding carboxylic acids is 1. The molecule has 0 unspecified atom stereocenters. The maximum absolute atomic E-state index is 11.0. The lowest BCUT2D eigenvalue weighted by Crippen LogP contribution is -2.20. The van der Waals surface area contributed by atoms with Gasteiger partial charge in [-0.1, -0.05) is 15.9 Å². The Balaban J connectivity index is 2.53. The van der Waals surface area contributed by atoms with E-state index in [4.69, 9.17) is 4.74 Å². The number of ether oxygens (including phenoxy) is 1. The molecule has 0 spiro atoms. The van der Waals surface area contributed by atoms with E-state index in [9.17, 15) is 4.79 Å². The zero-order valence-corrected chi connectivity index (χ0v) is 11.6. The van der Waals surface area contributed by atoms with Crippen LogP contribution in [-0.2, 0) is 11.3 Å². The van der Waals surface area contributed by atoms with Gasteiger partial charge in [0.2, 0.25) is 5.91 Å². The number of nitrogens with one attached hydrogen (secondary N) is 2. The molecule has 0 atom stereocenters. The molecular weight excluding hydrogens is 284 g/mol. The van der Waals surface area contributed by atoms with Gasteiger partial charge in [0.25, 0.3) is 0 Å². The average Bonchev–Trinajstić information content (AvgIpc) is 2.33. The van der Waals surface area contributed by atoms with Crippen LogP contribution < -0.4 is 15.4 Å². The minimum absolute atomic E-state index is 0.0161. The summed E-state index contributed by atoms with van der Waals surface area (Å²) in [5.41, 5.74) is 1.13. The second-order valence-corrected chi connectivity index (χ2v) is 4.41. The van der Waals surface area contributed by atoms with Gasteiger partial charge in [-0.2, -0.15) is 0 Å². The Bertz CT molecular complexity index is 383. The summed E-state index contributed by atoms with van der Waals surface area (Å²) in [6.45, 7) is 1.16. The normalized spacial score (nSPS) is 10.1. The summed E-state index contributed by atoms with van der Waals surface area (Å²) < 4.78 is 6.56. The minimum atomic E-state index is -0.0161. The largest absolute Gasteiger partial charge is 0.493 e. The van der Waals surface area contributed by atoms with Gasteiger partial charge in [0.1, 0.15) is 5.75 Å². The Morgan fingerprint density at radius 3 is 2.82 bits per heavy atom. The van der Waals surface area contributed by atoms with Crippen molar-refractivity contribution in [2.45, 2.75) is 13.0 Å². The van der Waals surface area contributed by atoms with Crippen LogP contribution in [0.15, 0.2) is 22.7 Å². The highest BCUT2D eigenvalue weighted by Crippen LogP contribution is 2.22. The molecule has 0 aromatic heterocycles. The predicted octanol–water partition coefficient (Wildman–Crippen LogP) is 1.68. The molecule has 1 rings (SSSR count). The first-order chi connectivity index (χ1) is 8.17. The number of benzene rings is 1. The van der Waals surface area contributed by atoms with Crippen molar-refractivity contribution < 1.29 is 9.53 Å². The van der Waals surface area contributed by atoms with Crippen LogP contribution >= 0.6 is 15.9 Å². The van der Waals surface area contributed by atoms with Crippen molar-refractivity contribution in [2.75, 3.05) is 20.7 Å². The Hall–Kier alpha value is -1.07. The van der Waals surface area contributed by atoms with Crippen molar-refractivity contribution >= 4 is 21.8 Å². The molecule has 0 aliphatic rings. The van der Waals surface area contributed by atoms with E-state index in [0.717, 1.165) is 22.3 Å². The lowest BCUT2D eigenvalue weighted by Gasteiger charge is -2.09. The van der Waals surface area contributed by atoms with Gasteiger partial charge in [0.05, 0.1) is 13.0 Å². The van der Waals surface area contributed by atoms with Crippen molar-refractivity contribution in [3.63, 3.8) is 0 Å². The average molecular weight is 301 g/mol. The fourth-order valence-corrected chi connectivity index (χ4v) is 1.74. The summed E-state index contributed by atoms with van der Waals surface area (Å²) in [6.07, 6.45) is 0.369.